The Kier molecular flexibility index (Phi) is 6.56. The minimum Gasteiger partial charge on any atom is -0.493 e. The van der Waals surface area contributed by atoms with Crippen LogP contribution in [-0.4, -0.2) is 63.8 Å². The van der Waals surface area contributed by atoms with Crippen LogP contribution in [0.5, 0.6) is 11.5 Å². The van der Waals surface area contributed by atoms with Crippen molar-refractivity contribution in [3.8, 4) is 11.5 Å². The SMILES string of the molecule is COc1ccc(CN2CCN(S(=O)(=O)c3cccc(C(C)=O)c3)CC2)cc1OC. The highest BCUT2D eigenvalue weighted by Crippen LogP contribution is 2.28. The highest BCUT2D eigenvalue weighted by Gasteiger charge is 2.28. The zero-order valence-electron chi connectivity index (χ0n) is 16.9. The van der Waals surface area contributed by atoms with Gasteiger partial charge in [-0.05, 0) is 36.8 Å². The zero-order valence-corrected chi connectivity index (χ0v) is 17.7. The standard InChI is InChI=1S/C21H26N2O5S/c1-16(24)18-5-4-6-19(14-18)29(25,26)23-11-9-22(10-12-23)15-17-7-8-20(27-2)21(13-17)28-3/h4-8,13-14H,9-12,15H2,1-3H3. The maximum atomic E-state index is 12.9. The van der Waals surface area contributed by atoms with Crippen LogP contribution >= 0.6 is 0 Å². The van der Waals surface area contributed by atoms with Crippen molar-refractivity contribution in [3.63, 3.8) is 0 Å². The molecule has 1 fully saturated rings. The number of carbonyl (C=O) groups excluding carboxylic acids is 1. The van der Waals surface area contributed by atoms with Gasteiger partial charge in [-0.25, -0.2) is 8.42 Å². The molecule has 0 bridgehead atoms. The molecule has 0 radical (unpaired) electrons. The summed E-state index contributed by atoms with van der Waals surface area (Å²) in [4.78, 5) is 13.9. The first-order chi connectivity index (χ1) is 13.8. The number of sulfonamides is 1. The Bertz CT molecular complexity index is 982. The first-order valence-corrected chi connectivity index (χ1v) is 10.8. The number of ketones is 1. The number of ether oxygens (including phenoxy) is 2. The van der Waals surface area contributed by atoms with E-state index in [0.29, 0.717) is 49.8 Å². The van der Waals surface area contributed by atoms with Gasteiger partial charge in [0.05, 0.1) is 19.1 Å². The second-order valence-electron chi connectivity index (χ2n) is 6.95. The van der Waals surface area contributed by atoms with Gasteiger partial charge >= 0.3 is 0 Å². The first kappa shape index (κ1) is 21.3. The van der Waals surface area contributed by atoms with E-state index in [2.05, 4.69) is 4.90 Å². The average molecular weight is 419 g/mol. The van der Waals surface area contributed by atoms with Crippen LogP contribution in [0.15, 0.2) is 47.4 Å². The molecule has 1 aliphatic heterocycles. The van der Waals surface area contributed by atoms with E-state index in [-0.39, 0.29) is 10.7 Å². The second-order valence-corrected chi connectivity index (χ2v) is 8.89. The Balaban J connectivity index is 1.66. The van der Waals surface area contributed by atoms with Crippen molar-refractivity contribution in [1.29, 1.82) is 0 Å². The molecule has 156 valence electrons. The number of methoxy groups -OCH3 is 2. The van der Waals surface area contributed by atoms with Crippen LogP contribution in [0.4, 0.5) is 0 Å². The van der Waals surface area contributed by atoms with E-state index in [1.54, 1.807) is 26.4 Å². The van der Waals surface area contributed by atoms with Crippen molar-refractivity contribution in [2.75, 3.05) is 40.4 Å². The summed E-state index contributed by atoms with van der Waals surface area (Å²) in [5.41, 5.74) is 1.48. The number of hydrogen-bond acceptors (Lipinski definition) is 6. The van der Waals surface area contributed by atoms with Gasteiger partial charge in [-0.3, -0.25) is 9.69 Å². The molecule has 0 N–H and O–H groups in total. The van der Waals surface area contributed by atoms with Crippen LogP contribution in [0.1, 0.15) is 22.8 Å². The lowest BCUT2D eigenvalue weighted by molar-refractivity contribution is 0.101. The van der Waals surface area contributed by atoms with Gasteiger partial charge in [-0.1, -0.05) is 18.2 Å². The third-order valence-corrected chi connectivity index (χ3v) is 6.96. The molecule has 3 rings (SSSR count). The summed E-state index contributed by atoms with van der Waals surface area (Å²) in [7, 11) is -0.412. The summed E-state index contributed by atoms with van der Waals surface area (Å²) in [6.45, 7) is 4.19. The molecule has 8 heteroatoms. The van der Waals surface area contributed by atoms with Crippen LogP contribution in [0.25, 0.3) is 0 Å². The molecule has 0 atom stereocenters. The van der Waals surface area contributed by atoms with Crippen molar-refractivity contribution in [3.05, 3.63) is 53.6 Å². The summed E-state index contributed by atoms with van der Waals surface area (Å²) < 4.78 is 38.0. The molecular weight excluding hydrogens is 392 g/mol. The number of carbonyl (C=O) groups is 1. The third kappa shape index (κ3) is 4.77. The molecular formula is C21H26N2O5S. The van der Waals surface area contributed by atoms with Crippen molar-refractivity contribution in [2.24, 2.45) is 0 Å². The average Bonchev–Trinajstić information content (AvgIpc) is 2.74. The fourth-order valence-corrected chi connectivity index (χ4v) is 4.86. The van der Waals surface area contributed by atoms with Crippen LogP contribution in [0.3, 0.4) is 0 Å². The van der Waals surface area contributed by atoms with E-state index in [1.807, 2.05) is 18.2 Å². The smallest absolute Gasteiger partial charge is 0.243 e. The molecule has 7 nitrogen and oxygen atoms in total. The van der Waals surface area contributed by atoms with Crippen molar-refractivity contribution < 1.29 is 22.7 Å². The Morgan fingerprint density at radius 2 is 1.66 bits per heavy atom. The second kappa shape index (κ2) is 8.94. The van der Waals surface area contributed by atoms with Crippen molar-refractivity contribution in [2.45, 2.75) is 18.4 Å². The summed E-state index contributed by atoms with van der Waals surface area (Å²) >= 11 is 0. The molecule has 0 spiro atoms. The predicted octanol–water partition coefficient (Wildman–Crippen LogP) is 2.41. The third-order valence-electron chi connectivity index (χ3n) is 5.06. The van der Waals surface area contributed by atoms with Crippen LogP contribution in [-0.2, 0) is 16.6 Å². The van der Waals surface area contributed by atoms with E-state index >= 15 is 0 Å². The van der Waals surface area contributed by atoms with E-state index in [0.717, 1.165) is 5.56 Å². The lowest BCUT2D eigenvalue weighted by Gasteiger charge is -2.34. The highest BCUT2D eigenvalue weighted by molar-refractivity contribution is 7.89. The van der Waals surface area contributed by atoms with E-state index in [9.17, 15) is 13.2 Å². The summed E-state index contributed by atoms with van der Waals surface area (Å²) in [6.07, 6.45) is 0. The lowest BCUT2D eigenvalue weighted by Crippen LogP contribution is -2.48. The molecule has 1 aliphatic rings. The van der Waals surface area contributed by atoms with Gasteiger partial charge in [0.2, 0.25) is 10.0 Å². The van der Waals surface area contributed by atoms with E-state index in [1.165, 1.54) is 23.4 Å². The maximum Gasteiger partial charge on any atom is 0.243 e. The van der Waals surface area contributed by atoms with Gasteiger partial charge in [0, 0.05) is 38.3 Å². The van der Waals surface area contributed by atoms with Gasteiger partial charge in [0.15, 0.2) is 17.3 Å². The molecule has 0 saturated carbocycles. The Morgan fingerprint density at radius 1 is 0.966 bits per heavy atom. The molecule has 0 aliphatic carbocycles. The van der Waals surface area contributed by atoms with Gasteiger partial charge in [-0.2, -0.15) is 4.31 Å². The normalized spacial score (nSPS) is 15.8. The van der Waals surface area contributed by atoms with Gasteiger partial charge in [0.1, 0.15) is 0 Å². The summed E-state index contributed by atoms with van der Waals surface area (Å²) in [5.74, 6) is 1.21. The fraction of sp³-hybridized carbons (Fsp3) is 0.381. The fourth-order valence-electron chi connectivity index (χ4n) is 3.39. The Morgan fingerprint density at radius 3 is 2.28 bits per heavy atom. The minimum atomic E-state index is -3.62. The quantitative estimate of drug-likeness (QED) is 0.643. The topological polar surface area (TPSA) is 76.2 Å². The molecule has 2 aromatic carbocycles. The molecule has 0 aromatic heterocycles. The monoisotopic (exact) mass is 418 g/mol. The van der Waals surface area contributed by atoms with Crippen LogP contribution < -0.4 is 9.47 Å². The number of hydrogen-bond donors (Lipinski definition) is 0. The Labute approximate surface area is 171 Å². The molecule has 29 heavy (non-hydrogen) atoms. The molecule has 0 amide bonds. The molecule has 0 unspecified atom stereocenters. The molecule has 1 heterocycles. The first-order valence-electron chi connectivity index (χ1n) is 9.39. The minimum absolute atomic E-state index is 0.151. The number of benzene rings is 2. The highest BCUT2D eigenvalue weighted by atomic mass is 32.2. The predicted molar refractivity (Wildman–Crippen MR) is 110 cm³/mol. The Hall–Kier alpha value is -2.42. The van der Waals surface area contributed by atoms with Gasteiger partial charge in [0.25, 0.3) is 0 Å². The number of Topliss-reactive ketones (excluding diaryl/α,β-unsaturated/α-hetero) is 1. The van der Waals surface area contributed by atoms with Crippen LogP contribution in [0, 0.1) is 0 Å². The van der Waals surface area contributed by atoms with Gasteiger partial charge in [-0.15, -0.1) is 0 Å². The molecule has 2 aromatic rings. The van der Waals surface area contributed by atoms with Gasteiger partial charge < -0.3 is 9.47 Å². The summed E-state index contributed by atoms with van der Waals surface area (Å²) in [6, 6.07) is 12.0. The maximum absolute atomic E-state index is 12.9. The van der Waals surface area contributed by atoms with E-state index < -0.39 is 10.0 Å². The number of piperazine rings is 1. The lowest BCUT2D eigenvalue weighted by atomic mass is 10.1. The number of nitrogens with zero attached hydrogens (tertiary/aromatic N) is 2. The van der Waals surface area contributed by atoms with Crippen LogP contribution in [0.2, 0.25) is 0 Å². The van der Waals surface area contributed by atoms with Crippen molar-refractivity contribution >= 4 is 15.8 Å². The summed E-state index contributed by atoms with van der Waals surface area (Å²) in [5, 5.41) is 0. The molecule has 1 saturated heterocycles. The van der Waals surface area contributed by atoms with E-state index in [4.69, 9.17) is 9.47 Å². The zero-order chi connectivity index (χ0) is 21.0. The number of rotatable bonds is 7. The largest absolute Gasteiger partial charge is 0.493 e. The van der Waals surface area contributed by atoms with Crippen molar-refractivity contribution in [1.82, 2.24) is 9.21 Å².